The quantitative estimate of drug-likeness (QED) is 0.810. The fourth-order valence-electron chi connectivity index (χ4n) is 1.62. The summed E-state index contributed by atoms with van der Waals surface area (Å²) in [6, 6.07) is 5.55. The largest absolute Gasteiger partial charge is 0.334 e. The minimum Gasteiger partial charge on any atom is -0.334 e. The van der Waals surface area contributed by atoms with Crippen LogP contribution in [-0.4, -0.2) is 23.0 Å². The summed E-state index contributed by atoms with van der Waals surface area (Å²) in [5.74, 6) is -0.374. The van der Waals surface area contributed by atoms with Gasteiger partial charge in [-0.1, -0.05) is 11.2 Å². The van der Waals surface area contributed by atoms with Crippen molar-refractivity contribution in [3.63, 3.8) is 0 Å². The summed E-state index contributed by atoms with van der Waals surface area (Å²) in [4.78, 5) is 7.90. The van der Waals surface area contributed by atoms with Gasteiger partial charge in [0, 0.05) is 11.8 Å². The predicted molar refractivity (Wildman–Crippen MR) is 72.5 cm³/mol. The zero-order valence-corrected chi connectivity index (χ0v) is 11.0. The SMILES string of the molecule is C/C=C(\N=CCF)c1noc(-c2cc(F)cc(C#N)c2)n1. The number of aromatic nitrogens is 2. The fraction of sp³-hybridized carbons (Fsp3) is 0.143. The van der Waals surface area contributed by atoms with Gasteiger partial charge in [-0.15, -0.1) is 0 Å². The number of benzene rings is 1. The van der Waals surface area contributed by atoms with Gasteiger partial charge < -0.3 is 4.52 Å². The highest BCUT2D eigenvalue weighted by Crippen LogP contribution is 2.22. The van der Waals surface area contributed by atoms with Gasteiger partial charge in [-0.3, -0.25) is 4.99 Å². The highest BCUT2D eigenvalue weighted by molar-refractivity contribution is 5.72. The molecule has 21 heavy (non-hydrogen) atoms. The molecule has 0 aliphatic heterocycles. The van der Waals surface area contributed by atoms with Crippen molar-refractivity contribution in [1.82, 2.24) is 10.1 Å². The number of aliphatic imine (C=N–C) groups is 1. The van der Waals surface area contributed by atoms with Crippen molar-refractivity contribution < 1.29 is 13.3 Å². The Kier molecular flexibility index (Phi) is 4.51. The van der Waals surface area contributed by atoms with E-state index in [2.05, 4.69) is 15.1 Å². The van der Waals surface area contributed by atoms with Crippen LogP contribution in [0.1, 0.15) is 18.3 Å². The van der Waals surface area contributed by atoms with Gasteiger partial charge in [-0.25, -0.2) is 8.78 Å². The molecule has 1 aromatic carbocycles. The summed E-state index contributed by atoms with van der Waals surface area (Å²) in [6.07, 6.45) is 2.66. The number of alkyl halides is 1. The molecule has 0 aliphatic rings. The first-order valence-corrected chi connectivity index (χ1v) is 5.98. The third kappa shape index (κ3) is 3.36. The van der Waals surface area contributed by atoms with Gasteiger partial charge in [-0.05, 0) is 25.1 Å². The van der Waals surface area contributed by atoms with E-state index in [1.165, 1.54) is 12.1 Å². The van der Waals surface area contributed by atoms with E-state index in [0.717, 1.165) is 12.3 Å². The number of nitrogens with zero attached hydrogens (tertiary/aromatic N) is 4. The van der Waals surface area contributed by atoms with E-state index in [0.29, 0.717) is 5.70 Å². The smallest absolute Gasteiger partial charge is 0.258 e. The van der Waals surface area contributed by atoms with Crippen molar-refractivity contribution in [1.29, 1.82) is 5.26 Å². The summed E-state index contributed by atoms with van der Waals surface area (Å²) < 4.78 is 30.5. The Bertz CT molecular complexity index is 744. The van der Waals surface area contributed by atoms with Crippen LogP contribution in [0.25, 0.3) is 17.2 Å². The first-order chi connectivity index (χ1) is 10.2. The van der Waals surface area contributed by atoms with Gasteiger partial charge in [0.1, 0.15) is 18.2 Å². The van der Waals surface area contributed by atoms with E-state index in [9.17, 15) is 8.78 Å². The van der Waals surface area contributed by atoms with E-state index in [1.54, 1.807) is 13.0 Å². The first kappa shape index (κ1) is 14.5. The molecule has 2 rings (SSSR count). The monoisotopic (exact) mass is 288 g/mol. The molecule has 0 atom stereocenters. The van der Waals surface area contributed by atoms with Crippen LogP contribution in [-0.2, 0) is 0 Å². The summed E-state index contributed by atoms with van der Waals surface area (Å²) in [5, 5.41) is 12.5. The van der Waals surface area contributed by atoms with Crippen LogP contribution in [0.15, 0.2) is 33.8 Å². The van der Waals surface area contributed by atoms with E-state index in [-0.39, 0.29) is 22.8 Å². The van der Waals surface area contributed by atoms with E-state index < -0.39 is 12.5 Å². The highest BCUT2D eigenvalue weighted by Gasteiger charge is 2.13. The molecule has 0 fully saturated rings. The van der Waals surface area contributed by atoms with E-state index >= 15 is 0 Å². The average molecular weight is 288 g/mol. The molecule has 0 aliphatic carbocycles. The minimum absolute atomic E-state index is 0.0517. The van der Waals surface area contributed by atoms with E-state index in [1.807, 2.05) is 6.07 Å². The number of allylic oxidation sites excluding steroid dienone is 1. The maximum absolute atomic E-state index is 13.4. The van der Waals surface area contributed by atoms with Crippen molar-refractivity contribution in [3.05, 3.63) is 41.5 Å². The molecule has 0 radical (unpaired) electrons. The van der Waals surface area contributed by atoms with Crippen LogP contribution in [0, 0.1) is 17.1 Å². The Hall–Kier alpha value is -2.88. The second-order valence-corrected chi connectivity index (χ2v) is 3.90. The lowest BCUT2D eigenvalue weighted by Gasteiger charge is -1.96. The Morgan fingerprint density at radius 2 is 2.29 bits per heavy atom. The molecule has 2 aromatic rings. The number of halogens is 2. The van der Waals surface area contributed by atoms with E-state index in [4.69, 9.17) is 9.78 Å². The zero-order chi connectivity index (χ0) is 15.2. The highest BCUT2D eigenvalue weighted by atomic mass is 19.1. The second kappa shape index (κ2) is 6.52. The molecule has 7 heteroatoms. The molecule has 0 saturated carbocycles. The molecule has 0 spiro atoms. The zero-order valence-electron chi connectivity index (χ0n) is 11.0. The number of rotatable bonds is 4. The van der Waals surface area contributed by atoms with Gasteiger partial charge in [0.05, 0.1) is 11.6 Å². The molecule has 1 aromatic heterocycles. The van der Waals surface area contributed by atoms with Crippen LogP contribution >= 0.6 is 0 Å². The standard InChI is InChI=1S/C14H10F2N4O/c1-2-12(18-4-3-15)13-19-14(21-20-13)10-5-9(8-17)6-11(16)7-10/h2,4-7H,3H2,1H3/b12-2-,18-4?. The molecule has 0 saturated heterocycles. The molecule has 106 valence electrons. The fourth-order valence-corrected chi connectivity index (χ4v) is 1.62. The summed E-state index contributed by atoms with van der Waals surface area (Å²) in [5.41, 5.74) is 0.765. The molecule has 0 unspecified atom stereocenters. The normalized spacial score (nSPS) is 11.8. The Morgan fingerprint density at radius 3 is 2.95 bits per heavy atom. The van der Waals surface area contributed by atoms with Gasteiger partial charge in [-0.2, -0.15) is 10.2 Å². The lowest BCUT2D eigenvalue weighted by atomic mass is 10.1. The van der Waals surface area contributed by atoms with Crippen molar-refractivity contribution in [2.75, 3.05) is 6.67 Å². The van der Waals surface area contributed by atoms with Crippen molar-refractivity contribution in [2.24, 2.45) is 4.99 Å². The first-order valence-electron chi connectivity index (χ1n) is 5.98. The average Bonchev–Trinajstić information content (AvgIpc) is 2.97. The molecular weight excluding hydrogens is 278 g/mol. The van der Waals surface area contributed by atoms with Crippen molar-refractivity contribution in [3.8, 4) is 17.5 Å². The molecule has 0 N–H and O–H groups in total. The number of hydrogen-bond donors (Lipinski definition) is 0. The lowest BCUT2D eigenvalue weighted by molar-refractivity contribution is 0.428. The van der Waals surface area contributed by atoms with Gasteiger partial charge in [0.25, 0.3) is 5.89 Å². The summed E-state index contributed by atoms with van der Waals surface area (Å²) >= 11 is 0. The Labute approximate surface area is 119 Å². The predicted octanol–water partition coefficient (Wildman–Crippen LogP) is 3.15. The molecule has 0 amide bonds. The number of nitriles is 1. The van der Waals surface area contributed by atoms with Crippen LogP contribution in [0.4, 0.5) is 8.78 Å². The van der Waals surface area contributed by atoms with Crippen LogP contribution < -0.4 is 0 Å². The van der Waals surface area contributed by atoms with Gasteiger partial charge in [0.2, 0.25) is 5.82 Å². The number of hydrogen-bond acceptors (Lipinski definition) is 5. The topological polar surface area (TPSA) is 75.1 Å². The third-order valence-electron chi connectivity index (χ3n) is 2.50. The minimum atomic E-state index is -0.711. The van der Waals surface area contributed by atoms with Crippen LogP contribution in [0.5, 0.6) is 0 Å². The maximum Gasteiger partial charge on any atom is 0.258 e. The lowest BCUT2D eigenvalue weighted by Crippen LogP contribution is -1.87. The van der Waals surface area contributed by atoms with Crippen molar-refractivity contribution >= 4 is 11.9 Å². The molecule has 1 heterocycles. The second-order valence-electron chi connectivity index (χ2n) is 3.90. The third-order valence-corrected chi connectivity index (χ3v) is 2.50. The molecule has 5 nitrogen and oxygen atoms in total. The summed E-state index contributed by atoms with van der Waals surface area (Å²) in [6.45, 7) is 0.981. The Morgan fingerprint density at radius 1 is 1.48 bits per heavy atom. The molecular formula is C14H10F2N4O. The molecule has 0 bridgehead atoms. The van der Waals surface area contributed by atoms with Crippen LogP contribution in [0.2, 0.25) is 0 Å². The van der Waals surface area contributed by atoms with Crippen LogP contribution in [0.3, 0.4) is 0 Å². The maximum atomic E-state index is 13.4. The Balaban J connectivity index is 2.38. The summed E-state index contributed by atoms with van der Waals surface area (Å²) in [7, 11) is 0. The van der Waals surface area contributed by atoms with Gasteiger partial charge >= 0.3 is 0 Å². The van der Waals surface area contributed by atoms with Gasteiger partial charge in [0.15, 0.2) is 0 Å². The van der Waals surface area contributed by atoms with Crippen molar-refractivity contribution in [2.45, 2.75) is 6.92 Å².